The Balaban J connectivity index is 2.53. The average Bonchev–Trinajstić information content (AvgIpc) is 2.39. The highest BCUT2D eigenvalue weighted by atomic mass is 16.6. The van der Waals surface area contributed by atoms with Gasteiger partial charge >= 0.3 is 5.97 Å². The van der Waals surface area contributed by atoms with Crippen LogP contribution in [0.3, 0.4) is 0 Å². The van der Waals surface area contributed by atoms with Gasteiger partial charge in [0.1, 0.15) is 5.60 Å². The fourth-order valence-corrected chi connectivity index (χ4v) is 2.11. The molecule has 1 aliphatic rings. The maximum atomic E-state index is 11.9. The molecule has 0 amide bonds. The molecule has 0 saturated heterocycles. The molecule has 94 valence electrons. The summed E-state index contributed by atoms with van der Waals surface area (Å²) in [5.74, 6) is 5.39. The minimum atomic E-state index is -0.394. The number of carbonyl (C=O) groups excluding carboxylic acids is 1. The van der Waals surface area contributed by atoms with Crippen molar-refractivity contribution in [3.8, 4) is 0 Å². The van der Waals surface area contributed by atoms with Crippen LogP contribution >= 0.6 is 0 Å². The number of rotatable bonds is 2. The zero-order chi connectivity index (χ0) is 12.2. The molecule has 0 aromatic carbocycles. The maximum absolute atomic E-state index is 11.9. The summed E-state index contributed by atoms with van der Waals surface area (Å²) in [4.78, 5) is 11.9. The van der Waals surface area contributed by atoms with E-state index < -0.39 is 5.60 Å². The van der Waals surface area contributed by atoms with Crippen molar-refractivity contribution in [3.63, 3.8) is 0 Å². The lowest BCUT2D eigenvalue weighted by Crippen LogP contribution is -2.38. The summed E-state index contributed by atoms with van der Waals surface area (Å²) >= 11 is 0. The van der Waals surface area contributed by atoms with E-state index in [0.717, 1.165) is 32.1 Å². The predicted octanol–water partition coefficient (Wildman–Crippen LogP) is 1.74. The fourth-order valence-electron chi connectivity index (χ4n) is 2.11. The third kappa shape index (κ3) is 4.49. The Hall–Kier alpha value is -0.610. The van der Waals surface area contributed by atoms with Gasteiger partial charge in [0.2, 0.25) is 0 Å². The van der Waals surface area contributed by atoms with Crippen molar-refractivity contribution < 1.29 is 9.53 Å². The second kappa shape index (κ2) is 5.64. The van der Waals surface area contributed by atoms with Gasteiger partial charge in [-0.2, -0.15) is 0 Å². The van der Waals surface area contributed by atoms with E-state index in [1.807, 2.05) is 20.8 Å². The summed E-state index contributed by atoms with van der Waals surface area (Å²) in [7, 11) is 0. The summed E-state index contributed by atoms with van der Waals surface area (Å²) in [5, 5.41) is 0. The molecule has 3 N–H and O–H groups in total. The highest BCUT2D eigenvalue weighted by Gasteiger charge is 2.28. The van der Waals surface area contributed by atoms with Crippen molar-refractivity contribution >= 4 is 5.97 Å². The summed E-state index contributed by atoms with van der Waals surface area (Å²) in [6, 6.07) is 0.250. The summed E-state index contributed by atoms with van der Waals surface area (Å²) in [6.45, 7) is 5.71. The van der Waals surface area contributed by atoms with Gasteiger partial charge < -0.3 is 4.74 Å². The van der Waals surface area contributed by atoms with Gasteiger partial charge in [0, 0.05) is 6.04 Å². The lowest BCUT2D eigenvalue weighted by molar-refractivity contribution is -0.160. The van der Waals surface area contributed by atoms with Crippen LogP contribution in [0.25, 0.3) is 0 Å². The second-order valence-electron chi connectivity index (χ2n) is 5.61. The third-order valence-corrected chi connectivity index (χ3v) is 2.90. The van der Waals surface area contributed by atoms with Crippen LogP contribution < -0.4 is 11.3 Å². The standard InChI is InChI=1S/C12H24N2O2/c1-12(2,3)16-11(15)9-6-4-5-7-10(8-9)14-13/h9-10,14H,4-8,13H2,1-3H3/t9?,10-/m1/s1. The lowest BCUT2D eigenvalue weighted by atomic mass is 9.98. The molecule has 0 aliphatic heterocycles. The van der Waals surface area contributed by atoms with Crippen LogP contribution in [-0.2, 0) is 9.53 Å². The number of ether oxygens (including phenoxy) is 1. The second-order valence-corrected chi connectivity index (χ2v) is 5.61. The molecule has 0 heterocycles. The molecule has 4 heteroatoms. The Bertz CT molecular complexity index is 236. The van der Waals surface area contributed by atoms with E-state index in [1.165, 1.54) is 0 Å². The molecule has 2 atom stereocenters. The van der Waals surface area contributed by atoms with Crippen LogP contribution in [0, 0.1) is 5.92 Å². The molecule has 1 rings (SSSR count). The number of hydrogen-bond donors (Lipinski definition) is 2. The Labute approximate surface area is 97.9 Å². The highest BCUT2D eigenvalue weighted by Crippen LogP contribution is 2.25. The van der Waals surface area contributed by atoms with Gasteiger partial charge in [-0.3, -0.25) is 16.1 Å². The summed E-state index contributed by atoms with van der Waals surface area (Å²) in [6.07, 6.45) is 4.99. The first-order valence-electron chi connectivity index (χ1n) is 6.11. The first-order chi connectivity index (χ1) is 7.42. The molecule has 4 nitrogen and oxygen atoms in total. The normalized spacial score (nSPS) is 27.2. The van der Waals surface area contributed by atoms with Crippen molar-refractivity contribution in [1.29, 1.82) is 0 Å². The third-order valence-electron chi connectivity index (χ3n) is 2.90. The topological polar surface area (TPSA) is 64.3 Å². The van der Waals surface area contributed by atoms with E-state index in [4.69, 9.17) is 10.6 Å². The van der Waals surface area contributed by atoms with E-state index in [9.17, 15) is 4.79 Å². The van der Waals surface area contributed by atoms with Crippen molar-refractivity contribution in [2.24, 2.45) is 11.8 Å². The highest BCUT2D eigenvalue weighted by molar-refractivity contribution is 5.73. The van der Waals surface area contributed by atoms with Gasteiger partial charge in [0.25, 0.3) is 0 Å². The quantitative estimate of drug-likeness (QED) is 0.327. The smallest absolute Gasteiger partial charge is 0.309 e. The molecule has 0 radical (unpaired) electrons. The molecule has 1 aliphatic carbocycles. The first kappa shape index (κ1) is 13.5. The number of hydrazine groups is 1. The van der Waals surface area contributed by atoms with Gasteiger partial charge in [-0.25, -0.2) is 0 Å². The van der Waals surface area contributed by atoms with E-state index in [1.54, 1.807) is 0 Å². The van der Waals surface area contributed by atoms with Crippen LogP contribution in [0.2, 0.25) is 0 Å². The Kier molecular flexibility index (Phi) is 4.74. The van der Waals surface area contributed by atoms with E-state index in [2.05, 4.69) is 5.43 Å². The zero-order valence-corrected chi connectivity index (χ0v) is 10.6. The SMILES string of the molecule is CC(C)(C)OC(=O)C1CCCC[C@@H](NN)C1. The van der Waals surface area contributed by atoms with Crippen molar-refractivity contribution in [2.75, 3.05) is 0 Å². The molecule has 0 aromatic rings. The van der Waals surface area contributed by atoms with Crippen molar-refractivity contribution in [3.05, 3.63) is 0 Å². The van der Waals surface area contributed by atoms with Gasteiger partial charge in [-0.1, -0.05) is 12.8 Å². The minimum Gasteiger partial charge on any atom is -0.460 e. The number of nitrogens with two attached hydrogens (primary N) is 1. The van der Waals surface area contributed by atoms with Gasteiger partial charge in [0.05, 0.1) is 5.92 Å². The molecule has 16 heavy (non-hydrogen) atoms. The molecule has 0 aromatic heterocycles. The minimum absolute atomic E-state index is 0.00257. The van der Waals surface area contributed by atoms with Crippen LogP contribution in [0.1, 0.15) is 52.9 Å². The molecule has 0 bridgehead atoms. The molecular weight excluding hydrogens is 204 g/mol. The predicted molar refractivity (Wildman–Crippen MR) is 63.5 cm³/mol. The van der Waals surface area contributed by atoms with E-state index >= 15 is 0 Å². The summed E-state index contributed by atoms with van der Waals surface area (Å²) < 4.78 is 5.42. The Morgan fingerprint density at radius 2 is 1.94 bits per heavy atom. The molecule has 1 fully saturated rings. The van der Waals surface area contributed by atoms with Gasteiger partial charge in [-0.05, 0) is 40.0 Å². The maximum Gasteiger partial charge on any atom is 0.309 e. The summed E-state index contributed by atoms with van der Waals surface area (Å²) in [5.41, 5.74) is 2.39. The Morgan fingerprint density at radius 3 is 2.50 bits per heavy atom. The van der Waals surface area contributed by atoms with Crippen molar-refractivity contribution in [2.45, 2.75) is 64.5 Å². The van der Waals surface area contributed by atoms with Crippen LogP contribution in [0.4, 0.5) is 0 Å². The monoisotopic (exact) mass is 228 g/mol. The molecule has 1 saturated carbocycles. The molecule has 0 spiro atoms. The van der Waals surface area contributed by atoms with Crippen molar-refractivity contribution in [1.82, 2.24) is 5.43 Å². The van der Waals surface area contributed by atoms with E-state index in [0.29, 0.717) is 0 Å². The number of carbonyl (C=O) groups is 1. The van der Waals surface area contributed by atoms with E-state index in [-0.39, 0.29) is 17.9 Å². The lowest BCUT2D eigenvalue weighted by Gasteiger charge is -2.24. The van der Waals surface area contributed by atoms with Gasteiger partial charge in [0.15, 0.2) is 0 Å². The van der Waals surface area contributed by atoms with Crippen LogP contribution in [0.15, 0.2) is 0 Å². The average molecular weight is 228 g/mol. The number of nitrogens with one attached hydrogen (secondary N) is 1. The molecular formula is C12H24N2O2. The first-order valence-corrected chi connectivity index (χ1v) is 6.11. The Morgan fingerprint density at radius 1 is 1.31 bits per heavy atom. The fraction of sp³-hybridized carbons (Fsp3) is 0.917. The van der Waals surface area contributed by atoms with Crippen LogP contribution in [-0.4, -0.2) is 17.6 Å². The largest absolute Gasteiger partial charge is 0.460 e. The van der Waals surface area contributed by atoms with Gasteiger partial charge in [-0.15, -0.1) is 0 Å². The number of hydrogen-bond acceptors (Lipinski definition) is 4. The molecule has 1 unspecified atom stereocenters. The zero-order valence-electron chi connectivity index (χ0n) is 10.6. The number of esters is 1. The van der Waals surface area contributed by atoms with Crippen LogP contribution in [0.5, 0.6) is 0 Å².